The van der Waals surface area contributed by atoms with Gasteiger partial charge in [-0.3, -0.25) is 4.98 Å². The van der Waals surface area contributed by atoms with Crippen LogP contribution in [0.25, 0.3) is 10.9 Å². The van der Waals surface area contributed by atoms with Gasteiger partial charge in [0, 0.05) is 44.8 Å². The highest BCUT2D eigenvalue weighted by atomic mass is 16.5. The summed E-state index contributed by atoms with van der Waals surface area (Å²) in [5.41, 5.74) is 3.15. The molecule has 4 heterocycles. The molecule has 3 aromatic heterocycles. The smallest absolute Gasteiger partial charge is 0.326 e. The van der Waals surface area contributed by atoms with E-state index in [4.69, 9.17) is 9.72 Å². The van der Waals surface area contributed by atoms with Gasteiger partial charge in [0.05, 0.1) is 17.5 Å². The number of carboxylic acid groups (broad SMARTS) is 1. The maximum absolute atomic E-state index is 12.0. The number of unbranched alkanes of at least 4 members (excludes halogenated alkanes) is 1. The van der Waals surface area contributed by atoms with Crippen LogP contribution >= 0.6 is 0 Å². The highest BCUT2D eigenvalue weighted by Crippen LogP contribution is 2.21. The fourth-order valence-electron chi connectivity index (χ4n) is 4.45. The molecule has 0 fully saturated rings. The number of aryl methyl sites for hydroxylation is 2. The number of carbonyl (C=O) groups is 1. The van der Waals surface area contributed by atoms with Crippen LogP contribution in [0.15, 0.2) is 36.9 Å². The second-order valence-corrected chi connectivity index (χ2v) is 9.07. The molecule has 0 aromatic carbocycles. The summed E-state index contributed by atoms with van der Waals surface area (Å²) in [6.07, 6.45) is 10.4. The molecule has 36 heavy (non-hydrogen) atoms. The first-order valence-corrected chi connectivity index (χ1v) is 12.6. The van der Waals surface area contributed by atoms with Gasteiger partial charge in [0.15, 0.2) is 0 Å². The van der Waals surface area contributed by atoms with E-state index in [0.717, 1.165) is 68.8 Å². The van der Waals surface area contributed by atoms with E-state index in [1.807, 2.05) is 0 Å². The highest BCUT2D eigenvalue weighted by Gasteiger charge is 2.20. The average molecular weight is 494 g/mol. The number of pyridine rings is 2. The normalized spacial score (nSPS) is 13.8. The molecule has 0 spiro atoms. The number of aromatic nitrogens is 4. The Morgan fingerprint density at radius 2 is 2.14 bits per heavy atom. The molecule has 1 atom stereocenters. The molecule has 0 saturated carbocycles. The zero-order valence-electron chi connectivity index (χ0n) is 20.8. The number of fused-ring (bicyclic) bond motifs is 2. The van der Waals surface area contributed by atoms with Crippen LogP contribution in [0, 0.1) is 0 Å². The van der Waals surface area contributed by atoms with Crippen LogP contribution in [0.5, 0.6) is 0 Å². The number of ether oxygens (including phenoxy) is 1. The molecule has 4 rings (SSSR count). The molecule has 1 aliphatic rings. The summed E-state index contributed by atoms with van der Waals surface area (Å²) in [6.45, 7) is 3.86. The van der Waals surface area contributed by atoms with Crippen molar-refractivity contribution in [1.29, 1.82) is 0 Å². The summed E-state index contributed by atoms with van der Waals surface area (Å²) >= 11 is 0. The molecular formula is C26H35N7O3. The van der Waals surface area contributed by atoms with Gasteiger partial charge in [-0.15, -0.1) is 0 Å². The molecule has 10 nitrogen and oxygen atoms in total. The Hall–Kier alpha value is -3.37. The average Bonchev–Trinajstić information content (AvgIpc) is 2.91. The molecule has 0 saturated heterocycles. The minimum atomic E-state index is -0.913. The van der Waals surface area contributed by atoms with Crippen molar-refractivity contribution in [3.05, 3.63) is 48.2 Å². The van der Waals surface area contributed by atoms with Crippen molar-refractivity contribution >= 4 is 28.5 Å². The number of aliphatic carboxylic acids is 1. The van der Waals surface area contributed by atoms with E-state index in [0.29, 0.717) is 30.8 Å². The molecule has 0 aliphatic carbocycles. The Morgan fingerprint density at radius 1 is 1.22 bits per heavy atom. The largest absolute Gasteiger partial charge is 0.480 e. The number of carboxylic acids is 1. The fraction of sp³-hybridized carbons (Fsp3) is 0.500. The lowest BCUT2D eigenvalue weighted by atomic mass is 10.1. The third kappa shape index (κ3) is 7.08. The third-order valence-corrected chi connectivity index (χ3v) is 6.50. The third-order valence-electron chi connectivity index (χ3n) is 6.50. The number of anilines is 2. The first kappa shape index (κ1) is 25.7. The molecule has 0 unspecified atom stereocenters. The van der Waals surface area contributed by atoms with Crippen molar-refractivity contribution in [3.8, 4) is 0 Å². The lowest BCUT2D eigenvalue weighted by Crippen LogP contribution is -2.37. The molecule has 0 bridgehead atoms. The van der Waals surface area contributed by atoms with Crippen LogP contribution in [0.3, 0.4) is 0 Å². The first-order chi connectivity index (χ1) is 17.6. The number of nitrogens with one attached hydrogen (secondary N) is 2. The summed E-state index contributed by atoms with van der Waals surface area (Å²) in [5.74, 6) is 0.611. The Balaban J connectivity index is 1.29. The van der Waals surface area contributed by atoms with Crippen LogP contribution in [0.4, 0.5) is 11.6 Å². The van der Waals surface area contributed by atoms with E-state index in [2.05, 4.69) is 42.6 Å². The molecule has 0 amide bonds. The van der Waals surface area contributed by atoms with E-state index in [-0.39, 0.29) is 0 Å². The molecular weight excluding hydrogens is 458 g/mol. The Labute approximate surface area is 211 Å². The molecule has 192 valence electrons. The first-order valence-electron chi connectivity index (χ1n) is 12.6. The van der Waals surface area contributed by atoms with Crippen molar-refractivity contribution in [3.63, 3.8) is 0 Å². The van der Waals surface area contributed by atoms with Crippen LogP contribution in [0.2, 0.25) is 0 Å². The zero-order valence-corrected chi connectivity index (χ0v) is 20.8. The number of nitrogens with zero attached hydrogens (tertiary/aromatic N) is 5. The summed E-state index contributed by atoms with van der Waals surface area (Å²) in [6, 6.07) is 5.34. The van der Waals surface area contributed by atoms with E-state index in [1.54, 1.807) is 25.6 Å². The SMILES string of the molecule is COCCN(CCCCc1ccc2c(n1)NCCC2)CC[C@H](Nc1ncnc2ccncc12)C(=O)O. The van der Waals surface area contributed by atoms with Gasteiger partial charge in [0.2, 0.25) is 0 Å². The molecule has 10 heteroatoms. The Morgan fingerprint density at radius 3 is 3.00 bits per heavy atom. The van der Waals surface area contributed by atoms with Crippen molar-refractivity contribution in [2.24, 2.45) is 0 Å². The monoisotopic (exact) mass is 493 g/mol. The number of hydrogen-bond acceptors (Lipinski definition) is 9. The van der Waals surface area contributed by atoms with Gasteiger partial charge in [-0.2, -0.15) is 0 Å². The second kappa shape index (κ2) is 13.1. The van der Waals surface area contributed by atoms with Crippen molar-refractivity contribution in [2.45, 2.75) is 44.6 Å². The van der Waals surface area contributed by atoms with Gasteiger partial charge in [0.25, 0.3) is 0 Å². The summed E-state index contributed by atoms with van der Waals surface area (Å²) in [5, 5.41) is 17.0. The van der Waals surface area contributed by atoms with Gasteiger partial charge in [-0.25, -0.2) is 19.7 Å². The highest BCUT2D eigenvalue weighted by molar-refractivity contribution is 5.89. The van der Waals surface area contributed by atoms with Crippen molar-refractivity contribution in [2.75, 3.05) is 50.5 Å². The van der Waals surface area contributed by atoms with E-state index in [1.165, 1.54) is 11.9 Å². The maximum atomic E-state index is 12.0. The molecule has 3 N–H and O–H groups in total. The minimum Gasteiger partial charge on any atom is -0.480 e. The van der Waals surface area contributed by atoms with Gasteiger partial charge in [-0.05, 0) is 62.8 Å². The predicted octanol–water partition coefficient (Wildman–Crippen LogP) is 3.00. The maximum Gasteiger partial charge on any atom is 0.326 e. The van der Waals surface area contributed by atoms with Crippen LogP contribution in [0.1, 0.15) is 36.9 Å². The zero-order chi connectivity index (χ0) is 25.2. The summed E-state index contributed by atoms with van der Waals surface area (Å²) in [7, 11) is 1.68. The van der Waals surface area contributed by atoms with Crippen molar-refractivity contribution < 1.29 is 14.6 Å². The quantitative estimate of drug-likeness (QED) is 0.289. The van der Waals surface area contributed by atoms with Crippen LogP contribution < -0.4 is 10.6 Å². The van der Waals surface area contributed by atoms with E-state index in [9.17, 15) is 9.90 Å². The molecule has 3 aromatic rings. The van der Waals surface area contributed by atoms with E-state index >= 15 is 0 Å². The van der Waals surface area contributed by atoms with Gasteiger partial charge in [0.1, 0.15) is 24.0 Å². The lowest BCUT2D eigenvalue weighted by molar-refractivity contribution is -0.138. The van der Waals surface area contributed by atoms with Gasteiger partial charge >= 0.3 is 5.97 Å². The van der Waals surface area contributed by atoms with Crippen LogP contribution in [-0.4, -0.2) is 81.8 Å². The number of methoxy groups -OCH3 is 1. The topological polar surface area (TPSA) is 125 Å². The standard InChI is InChI=1S/C26H35N7O3/c1-36-16-15-33(13-3-2-6-20-8-7-19-5-4-11-28-24(19)31-20)14-10-23(26(34)35)32-25-21-17-27-12-9-22(21)29-18-30-25/h7-9,12,17-18,23H,2-6,10-11,13-16H2,1H3,(H,28,31)(H,34,35)(H,29,30,32)/t23-/m0/s1. The Kier molecular flexibility index (Phi) is 9.34. The number of rotatable bonds is 14. The van der Waals surface area contributed by atoms with Crippen LogP contribution in [-0.2, 0) is 22.4 Å². The molecule has 0 radical (unpaired) electrons. The van der Waals surface area contributed by atoms with Crippen molar-refractivity contribution in [1.82, 2.24) is 24.8 Å². The Bertz CT molecular complexity index is 1140. The molecule has 1 aliphatic heterocycles. The number of hydrogen-bond donors (Lipinski definition) is 3. The van der Waals surface area contributed by atoms with Gasteiger partial charge < -0.3 is 25.4 Å². The van der Waals surface area contributed by atoms with Gasteiger partial charge in [-0.1, -0.05) is 6.07 Å². The lowest BCUT2D eigenvalue weighted by Gasteiger charge is -2.24. The second-order valence-electron chi connectivity index (χ2n) is 9.07. The minimum absolute atomic E-state index is 0.433. The fourth-order valence-corrected chi connectivity index (χ4v) is 4.45. The van der Waals surface area contributed by atoms with E-state index < -0.39 is 12.0 Å². The summed E-state index contributed by atoms with van der Waals surface area (Å²) < 4.78 is 5.28. The summed E-state index contributed by atoms with van der Waals surface area (Å²) in [4.78, 5) is 31.7. The predicted molar refractivity (Wildman–Crippen MR) is 139 cm³/mol.